The van der Waals surface area contributed by atoms with Crippen LogP contribution in [-0.2, 0) is 4.79 Å². The van der Waals surface area contributed by atoms with E-state index in [0.29, 0.717) is 61.8 Å². The lowest BCUT2D eigenvalue weighted by Crippen LogP contribution is -2.43. The largest absolute Gasteiger partial charge is 0.486 e. The van der Waals surface area contributed by atoms with Crippen molar-refractivity contribution < 1.29 is 23.5 Å². The lowest BCUT2D eigenvalue weighted by Gasteiger charge is -2.36. The number of hydrogen-bond donors (Lipinski definition) is 1. The van der Waals surface area contributed by atoms with Gasteiger partial charge in [-0.1, -0.05) is 12.1 Å². The lowest BCUT2D eigenvalue weighted by atomic mass is 9.87. The standard InChI is InChI=1S/C22H23FN2O4/c23-17-4-1-14(2-5-17)20(22(24)27)25-9-7-15(8-10-25)21(26)16-3-6-18-19(13-16)29-12-11-28-18/h1-6,13,15,20H,7-12H2,(H2,24,27)/t20-/m1/s1. The van der Waals surface area contributed by atoms with Crippen molar-refractivity contribution in [1.82, 2.24) is 4.90 Å². The molecule has 6 nitrogen and oxygen atoms in total. The summed E-state index contributed by atoms with van der Waals surface area (Å²) in [5, 5.41) is 0. The number of nitrogens with zero attached hydrogens (tertiary/aromatic N) is 1. The molecule has 0 spiro atoms. The fourth-order valence-electron chi connectivity index (χ4n) is 4.05. The smallest absolute Gasteiger partial charge is 0.239 e. The van der Waals surface area contributed by atoms with Crippen molar-refractivity contribution >= 4 is 11.7 Å². The summed E-state index contributed by atoms with van der Waals surface area (Å²) >= 11 is 0. The molecule has 0 unspecified atom stereocenters. The van der Waals surface area contributed by atoms with Crippen molar-refractivity contribution in [3.8, 4) is 11.5 Å². The van der Waals surface area contributed by atoms with Gasteiger partial charge in [0.15, 0.2) is 17.3 Å². The highest BCUT2D eigenvalue weighted by Crippen LogP contribution is 2.33. The Hall–Kier alpha value is -2.93. The van der Waals surface area contributed by atoms with Gasteiger partial charge in [-0.2, -0.15) is 0 Å². The molecule has 29 heavy (non-hydrogen) atoms. The van der Waals surface area contributed by atoms with Crippen molar-refractivity contribution in [2.45, 2.75) is 18.9 Å². The molecule has 2 aromatic rings. The molecule has 2 aliphatic heterocycles. The van der Waals surface area contributed by atoms with Crippen molar-refractivity contribution in [3.05, 3.63) is 59.4 Å². The number of halogens is 1. The molecule has 0 bridgehead atoms. The molecule has 0 radical (unpaired) electrons. The maximum absolute atomic E-state index is 13.2. The van der Waals surface area contributed by atoms with Gasteiger partial charge in [-0.25, -0.2) is 4.39 Å². The number of nitrogens with two attached hydrogens (primary N) is 1. The van der Waals surface area contributed by atoms with E-state index in [1.807, 2.05) is 4.90 Å². The third-order valence-corrected chi connectivity index (χ3v) is 5.55. The second-order valence-electron chi connectivity index (χ2n) is 7.39. The molecule has 1 fully saturated rings. The third kappa shape index (κ3) is 4.10. The van der Waals surface area contributed by atoms with Crippen LogP contribution in [0.4, 0.5) is 4.39 Å². The summed E-state index contributed by atoms with van der Waals surface area (Å²) in [6, 6.07) is 10.5. The van der Waals surface area contributed by atoms with E-state index in [9.17, 15) is 14.0 Å². The normalized spacial score (nSPS) is 18.2. The molecule has 2 aliphatic rings. The number of fused-ring (bicyclic) bond motifs is 1. The van der Waals surface area contributed by atoms with Crippen LogP contribution in [0.3, 0.4) is 0 Å². The number of hydrogen-bond acceptors (Lipinski definition) is 5. The van der Waals surface area contributed by atoms with Crippen LogP contribution < -0.4 is 15.2 Å². The van der Waals surface area contributed by atoms with Gasteiger partial charge >= 0.3 is 0 Å². The minimum atomic E-state index is -0.624. The first-order valence-electron chi connectivity index (χ1n) is 9.75. The molecule has 2 heterocycles. The second-order valence-corrected chi connectivity index (χ2v) is 7.39. The van der Waals surface area contributed by atoms with Gasteiger partial charge in [-0.3, -0.25) is 14.5 Å². The minimum absolute atomic E-state index is 0.0685. The number of carbonyl (C=O) groups is 2. The van der Waals surface area contributed by atoms with Gasteiger partial charge in [0.1, 0.15) is 25.1 Å². The van der Waals surface area contributed by atoms with E-state index in [0.717, 1.165) is 0 Å². The summed E-state index contributed by atoms with van der Waals surface area (Å²) in [6.07, 6.45) is 1.25. The molecule has 1 saturated heterocycles. The molecule has 1 amide bonds. The third-order valence-electron chi connectivity index (χ3n) is 5.55. The Labute approximate surface area is 168 Å². The number of rotatable bonds is 5. The van der Waals surface area contributed by atoms with Crippen molar-refractivity contribution in [2.75, 3.05) is 26.3 Å². The molecule has 0 aromatic heterocycles. The highest BCUT2D eigenvalue weighted by Gasteiger charge is 2.32. The summed E-state index contributed by atoms with van der Waals surface area (Å²) in [7, 11) is 0. The fourth-order valence-corrected chi connectivity index (χ4v) is 4.05. The number of primary amides is 1. The van der Waals surface area contributed by atoms with E-state index < -0.39 is 11.9 Å². The topological polar surface area (TPSA) is 81.9 Å². The molecule has 1 atom stereocenters. The van der Waals surface area contributed by atoms with Crippen LogP contribution in [-0.4, -0.2) is 42.9 Å². The zero-order valence-electron chi connectivity index (χ0n) is 16.0. The van der Waals surface area contributed by atoms with Gasteiger partial charge < -0.3 is 15.2 Å². The van der Waals surface area contributed by atoms with Gasteiger partial charge in [0.05, 0.1) is 0 Å². The Morgan fingerprint density at radius 3 is 2.31 bits per heavy atom. The van der Waals surface area contributed by atoms with Crippen LogP contribution in [0.1, 0.15) is 34.8 Å². The average Bonchev–Trinajstić information content (AvgIpc) is 2.75. The first kappa shape index (κ1) is 19.4. The molecular formula is C22H23FN2O4. The summed E-state index contributed by atoms with van der Waals surface area (Å²) in [5.74, 6) is 0.361. The van der Waals surface area contributed by atoms with E-state index in [1.165, 1.54) is 12.1 Å². The van der Waals surface area contributed by atoms with Gasteiger partial charge in [-0.15, -0.1) is 0 Å². The maximum Gasteiger partial charge on any atom is 0.239 e. The highest BCUT2D eigenvalue weighted by atomic mass is 19.1. The van der Waals surface area contributed by atoms with E-state index in [4.69, 9.17) is 15.2 Å². The molecule has 2 aromatic carbocycles. The number of piperidine rings is 1. The first-order valence-corrected chi connectivity index (χ1v) is 9.75. The summed E-state index contributed by atoms with van der Waals surface area (Å²) in [6.45, 7) is 2.10. The van der Waals surface area contributed by atoms with Gasteiger partial charge in [0.2, 0.25) is 5.91 Å². The van der Waals surface area contributed by atoms with E-state index in [2.05, 4.69) is 0 Å². The molecule has 7 heteroatoms. The number of carbonyl (C=O) groups excluding carboxylic acids is 2. The molecule has 2 N–H and O–H groups in total. The Bertz CT molecular complexity index is 908. The molecular weight excluding hydrogens is 375 g/mol. The summed E-state index contributed by atoms with van der Waals surface area (Å²) < 4.78 is 24.3. The highest BCUT2D eigenvalue weighted by molar-refractivity contribution is 5.98. The van der Waals surface area contributed by atoms with Gasteiger partial charge in [0.25, 0.3) is 0 Å². The van der Waals surface area contributed by atoms with Crippen molar-refractivity contribution in [1.29, 1.82) is 0 Å². The van der Waals surface area contributed by atoms with Crippen LogP contribution in [0, 0.1) is 11.7 Å². The lowest BCUT2D eigenvalue weighted by molar-refractivity contribution is -0.124. The molecule has 0 saturated carbocycles. The fraction of sp³-hybridized carbons (Fsp3) is 0.364. The number of benzene rings is 2. The minimum Gasteiger partial charge on any atom is -0.486 e. The number of ether oxygens (including phenoxy) is 2. The predicted octanol–water partition coefficient (Wildman–Crippen LogP) is 2.72. The Balaban J connectivity index is 1.43. The van der Waals surface area contributed by atoms with Gasteiger partial charge in [0, 0.05) is 11.5 Å². The molecule has 0 aliphatic carbocycles. The Morgan fingerprint density at radius 2 is 1.66 bits per heavy atom. The number of Topliss-reactive ketones (excluding diaryl/α,β-unsaturated/α-hetero) is 1. The van der Waals surface area contributed by atoms with Crippen molar-refractivity contribution in [2.24, 2.45) is 11.7 Å². The van der Waals surface area contributed by atoms with E-state index >= 15 is 0 Å². The zero-order valence-corrected chi connectivity index (χ0v) is 16.0. The van der Waals surface area contributed by atoms with Gasteiger partial charge in [-0.05, 0) is 61.8 Å². The first-order chi connectivity index (χ1) is 14.0. The van der Waals surface area contributed by atoms with Crippen LogP contribution in [0.2, 0.25) is 0 Å². The average molecular weight is 398 g/mol. The zero-order chi connectivity index (χ0) is 20.4. The van der Waals surface area contributed by atoms with Crippen LogP contribution in [0.5, 0.6) is 11.5 Å². The van der Waals surface area contributed by atoms with Crippen LogP contribution in [0.25, 0.3) is 0 Å². The number of ketones is 1. The van der Waals surface area contributed by atoms with Crippen LogP contribution in [0.15, 0.2) is 42.5 Å². The van der Waals surface area contributed by atoms with E-state index in [1.54, 1.807) is 30.3 Å². The maximum atomic E-state index is 13.2. The Kier molecular flexibility index (Phi) is 5.49. The summed E-state index contributed by atoms with van der Waals surface area (Å²) in [4.78, 5) is 27.0. The monoisotopic (exact) mass is 398 g/mol. The molecule has 4 rings (SSSR count). The number of likely N-dealkylation sites (tertiary alicyclic amines) is 1. The molecule has 152 valence electrons. The van der Waals surface area contributed by atoms with E-state index in [-0.39, 0.29) is 17.5 Å². The number of amides is 1. The Morgan fingerprint density at radius 1 is 1.00 bits per heavy atom. The van der Waals surface area contributed by atoms with Crippen molar-refractivity contribution in [3.63, 3.8) is 0 Å². The predicted molar refractivity (Wildman–Crippen MR) is 104 cm³/mol. The quantitative estimate of drug-likeness (QED) is 0.784. The second kappa shape index (κ2) is 8.21. The SMILES string of the molecule is NC(=O)[C@@H](c1ccc(F)cc1)N1CCC(C(=O)c2ccc3c(c2)OCCO3)CC1. The van der Waals surface area contributed by atoms with Crippen LogP contribution >= 0.6 is 0 Å². The summed E-state index contributed by atoms with van der Waals surface area (Å²) in [5.41, 5.74) is 6.89.